The lowest BCUT2D eigenvalue weighted by Gasteiger charge is -2.39. The zero-order valence-corrected chi connectivity index (χ0v) is 16.8. The number of piperazine rings is 1. The first-order valence-electron chi connectivity index (χ1n) is 9.47. The van der Waals surface area contributed by atoms with Crippen LogP contribution in [-0.2, 0) is 0 Å². The maximum Gasteiger partial charge on any atom is 0.227 e. The van der Waals surface area contributed by atoms with Crippen LogP contribution in [0.1, 0.15) is 26.3 Å². The van der Waals surface area contributed by atoms with E-state index in [0.717, 1.165) is 60.5 Å². The number of allylic oxidation sites excluding steroid dienone is 2. The number of benzene rings is 1. The Hall–Kier alpha value is -2.60. The Kier molecular flexibility index (Phi) is 5.96. The van der Waals surface area contributed by atoms with Crippen molar-refractivity contribution in [3.05, 3.63) is 42.5 Å². The smallest absolute Gasteiger partial charge is 0.227 e. The Balaban J connectivity index is 2.11. The number of hydrazone groups is 1. The number of fused-ring (bicyclic) bond motifs is 1. The molecule has 0 saturated carbocycles. The highest BCUT2D eigenvalue weighted by molar-refractivity contribution is 5.98. The molecule has 3 rings (SSSR count). The minimum atomic E-state index is 0.630. The first kappa shape index (κ1) is 19.2. The minimum Gasteiger partial charge on any atom is -0.494 e. The number of aliphatic imine (C=N–C) groups is 1. The fourth-order valence-electron chi connectivity index (χ4n) is 3.23. The van der Waals surface area contributed by atoms with Crippen LogP contribution in [0.4, 0.5) is 5.69 Å². The first-order chi connectivity index (χ1) is 13.0. The molecule has 1 saturated heterocycles. The molecule has 0 spiro atoms. The van der Waals surface area contributed by atoms with Crippen molar-refractivity contribution in [3.63, 3.8) is 0 Å². The molecule has 2 aliphatic heterocycles. The summed E-state index contributed by atoms with van der Waals surface area (Å²) >= 11 is 0. The SMILES string of the molecule is C=CC=C1c2cc(OCC)ccc2N=C(N2CCN(C)CC2)N1N=C(C)C. The second-order valence-corrected chi connectivity index (χ2v) is 6.96. The third kappa shape index (κ3) is 4.22. The van der Waals surface area contributed by atoms with E-state index in [-0.39, 0.29) is 0 Å². The number of rotatable bonds is 4. The van der Waals surface area contributed by atoms with E-state index in [4.69, 9.17) is 14.8 Å². The zero-order chi connectivity index (χ0) is 19.4. The maximum absolute atomic E-state index is 5.70. The van der Waals surface area contributed by atoms with Crippen LogP contribution in [-0.4, -0.2) is 66.3 Å². The Bertz CT molecular complexity index is 784. The lowest BCUT2D eigenvalue weighted by atomic mass is 10.1. The molecule has 0 amide bonds. The molecule has 27 heavy (non-hydrogen) atoms. The predicted octanol–water partition coefficient (Wildman–Crippen LogP) is 3.56. The van der Waals surface area contributed by atoms with Crippen molar-refractivity contribution >= 4 is 23.1 Å². The summed E-state index contributed by atoms with van der Waals surface area (Å²) in [5.41, 5.74) is 3.87. The molecular weight excluding hydrogens is 338 g/mol. The number of hydrogen-bond donors (Lipinski definition) is 0. The van der Waals surface area contributed by atoms with Crippen LogP contribution in [0.2, 0.25) is 0 Å². The van der Waals surface area contributed by atoms with Crippen LogP contribution in [0, 0.1) is 0 Å². The van der Waals surface area contributed by atoms with Crippen molar-refractivity contribution in [2.75, 3.05) is 39.8 Å². The van der Waals surface area contributed by atoms with Gasteiger partial charge in [0.15, 0.2) is 0 Å². The fourth-order valence-corrected chi connectivity index (χ4v) is 3.23. The van der Waals surface area contributed by atoms with Gasteiger partial charge in [-0.15, -0.1) is 0 Å². The van der Waals surface area contributed by atoms with Crippen LogP contribution >= 0.6 is 0 Å². The molecule has 0 N–H and O–H groups in total. The van der Waals surface area contributed by atoms with E-state index < -0.39 is 0 Å². The Morgan fingerprint density at radius 2 is 2.00 bits per heavy atom. The predicted molar refractivity (Wildman–Crippen MR) is 113 cm³/mol. The van der Waals surface area contributed by atoms with Gasteiger partial charge in [-0.3, -0.25) is 0 Å². The lowest BCUT2D eigenvalue weighted by molar-refractivity contribution is 0.204. The molecule has 1 aromatic rings. The standard InChI is InChI=1S/C21H29N5O/c1-6-8-20-18-15-17(27-7-2)9-10-19(18)22-21(26(20)23-16(3)4)25-13-11-24(5)12-14-25/h6,8-10,15H,1,7,11-14H2,2-5H3. The molecule has 0 aliphatic carbocycles. The van der Waals surface area contributed by atoms with Crippen LogP contribution in [0.25, 0.3) is 5.70 Å². The highest BCUT2D eigenvalue weighted by Gasteiger charge is 2.30. The largest absolute Gasteiger partial charge is 0.494 e. The number of hydrogen-bond acceptors (Lipinski definition) is 6. The van der Waals surface area contributed by atoms with Crippen molar-refractivity contribution in [3.8, 4) is 5.75 Å². The molecule has 0 aromatic heterocycles. The number of nitrogens with zero attached hydrogens (tertiary/aromatic N) is 5. The van der Waals surface area contributed by atoms with Gasteiger partial charge in [0.25, 0.3) is 0 Å². The summed E-state index contributed by atoms with van der Waals surface area (Å²) in [6.45, 7) is 14.4. The van der Waals surface area contributed by atoms with Crippen molar-refractivity contribution < 1.29 is 4.74 Å². The first-order valence-corrected chi connectivity index (χ1v) is 9.47. The molecule has 6 heteroatoms. The zero-order valence-electron chi connectivity index (χ0n) is 16.8. The van der Waals surface area contributed by atoms with Gasteiger partial charge in [-0.25, -0.2) is 4.99 Å². The second-order valence-electron chi connectivity index (χ2n) is 6.96. The van der Waals surface area contributed by atoms with E-state index in [2.05, 4.69) is 23.4 Å². The van der Waals surface area contributed by atoms with Gasteiger partial charge >= 0.3 is 0 Å². The maximum atomic E-state index is 5.70. The van der Waals surface area contributed by atoms with E-state index in [9.17, 15) is 0 Å². The molecule has 6 nitrogen and oxygen atoms in total. The van der Waals surface area contributed by atoms with Crippen LogP contribution in [0.5, 0.6) is 5.75 Å². The minimum absolute atomic E-state index is 0.630. The normalized spacial score (nSPS) is 18.8. The average molecular weight is 367 g/mol. The van der Waals surface area contributed by atoms with Gasteiger partial charge in [0, 0.05) is 37.5 Å². The van der Waals surface area contributed by atoms with E-state index in [1.165, 1.54) is 0 Å². The quantitative estimate of drug-likeness (QED) is 0.763. The van der Waals surface area contributed by atoms with E-state index in [0.29, 0.717) is 6.61 Å². The van der Waals surface area contributed by atoms with Crippen LogP contribution in [0.3, 0.4) is 0 Å². The lowest BCUT2D eigenvalue weighted by Crippen LogP contribution is -2.51. The summed E-state index contributed by atoms with van der Waals surface area (Å²) in [6, 6.07) is 6.03. The molecule has 0 bridgehead atoms. The summed E-state index contributed by atoms with van der Waals surface area (Å²) in [5.74, 6) is 1.70. The summed E-state index contributed by atoms with van der Waals surface area (Å²) in [7, 11) is 2.15. The van der Waals surface area contributed by atoms with Crippen LogP contribution in [0.15, 0.2) is 47.0 Å². The summed E-state index contributed by atoms with van der Waals surface area (Å²) in [4.78, 5) is 9.62. The van der Waals surface area contributed by atoms with Gasteiger partial charge in [-0.1, -0.05) is 12.7 Å². The average Bonchev–Trinajstić information content (AvgIpc) is 2.64. The van der Waals surface area contributed by atoms with Gasteiger partial charge in [0.1, 0.15) is 5.75 Å². The molecule has 144 valence electrons. The molecule has 0 unspecified atom stereocenters. The van der Waals surface area contributed by atoms with Gasteiger partial charge in [-0.05, 0) is 52.1 Å². The summed E-state index contributed by atoms with van der Waals surface area (Å²) < 4.78 is 5.70. The van der Waals surface area contributed by atoms with E-state index in [1.54, 1.807) is 6.08 Å². The molecule has 0 radical (unpaired) electrons. The molecule has 2 aliphatic rings. The third-order valence-corrected chi connectivity index (χ3v) is 4.55. The Labute approximate surface area is 162 Å². The molecule has 1 fully saturated rings. The van der Waals surface area contributed by atoms with Gasteiger partial charge in [-0.2, -0.15) is 10.1 Å². The summed E-state index contributed by atoms with van der Waals surface area (Å²) in [6.07, 6.45) is 3.79. The number of guanidine groups is 1. The fraction of sp³-hybridized carbons (Fsp3) is 0.429. The monoisotopic (exact) mass is 367 g/mol. The highest BCUT2D eigenvalue weighted by atomic mass is 16.5. The van der Waals surface area contributed by atoms with E-state index in [1.807, 2.05) is 50.1 Å². The molecular formula is C21H29N5O. The van der Waals surface area contributed by atoms with Gasteiger partial charge in [0.2, 0.25) is 5.96 Å². The van der Waals surface area contributed by atoms with Crippen LogP contribution < -0.4 is 4.74 Å². The number of likely N-dealkylation sites (N-methyl/N-ethyl adjacent to an activating group) is 1. The Morgan fingerprint density at radius 3 is 2.63 bits per heavy atom. The third-order valence-electron chi connectivity index (χ3n) is 4.55. The Morgan fingerprint density at radius 1 is 1.26 bits per heavy atom. The molecule has 2 heterocycles. The van der Waals surface area contributed by atoms with Crippen molar-refractivity contribution in [1.82, 2.24) is 14.8 Å². The van der Waals surface area contributed by atoms with Gasteiger partial charge in [0.05, 0.1) is 18.0 Å². The van der Waals surface area contributed by atoms with Gasteiger partial charge < -0.3 is 14.5 Å². The second kappa shape index (κ2) is 8.39. The van der Waals surface area contributed by atoms with Crippen molar-refractivity contribution in [2.24, 2.45) is 10.1 Å². The van der Waals surface area contributed by atoms with Crippen molar-refractivity contribution in [2.45, 2.75) is 20.8 Å². The van der Waals surface area contributed by atoms with Crippen molar-refractivity contribution in [1.29, 1.82) is 0 Å². The topological polar surface area (TPSA) is 43.7 Å². The molecule has 1 aromatic carbocycles. The molecule has 0 atom stereocenters. The van der Waals surface area contributed by atoms with E-state index >= 15 is 0 Å². The highest BCUT2D eigenvalue weighted by Crippen LogP contribution is 2.38. The number of ether oxygens (including phenoxy) is 1. The summed E-state index contributed by atoms with van der Waals surface area (Å²) in [5, 5.41) is 6.74.